The van der Waals surface area contributed by atoms with E-state index in [2.05, 4.69) is 17.9 Å². The van der Waals surface area contributed by atoms with Crippen molar-refractivity contribution in [1.82, 2.24) is 9.88 Å². The zero-order valence-electron chi connectivity index (χ0n) is 19.5. The number of benzene rings is 1. The fourth-order valence-corrected chi connectivity index (χ4v) is 4.93. The summed E-state index contributed by atoms with van der Waals surface area (Å²) in [6.07, 6.45) is 3.60. The van der Waals surface area contributed by atoms with Crippen LogP contribution in [-0.2, 0) is 4.79 Å². The average molecular weight is 451 g/mol. The van der Waals surface area contributed by atoms with Gasteiger partial charge >= 0.3 is 5.90 Å². The molecule has 2 aromatic rings. The quantitative estimate of drug-likeness (QED) is 0.548. The van der Waals surface area contributed by atoms with Gasteiger partial charge in [-0.15, -0.1) is 0 Å². The molecule has 0 bridgehead atoms. The second-order valence-corrected chi connectivity index (χ2v) is 9.41. The smallest absolute Gasteiger partial charge is 0.367 e. The summed E-state index contributed by atoms with van der Waals surface area (Å²) in [5.74, 6) is 1.88. The molecule has 3 aliphatic rings. The van der Waals surface area contributed by atoms with E-state index in [1.165, 1.54) is 28.9 Å². The zero-order chi connectivity index (χ0) is 23.3. The second kappa shape index (κ2) is 8.33. The molecule has 33 heavy (non-hydrogen) atoms. The van der Waals surface area contributed by atoms with Crippen LogP contribution in [0.4, 0.5) is 11.5 Å². The summed E-state index contributed by atoms with van der Waals surface area (Å²) in [4.78, 5) is 22.2. The van der Waals surface area contributed by atoms with Crippen LogP contribution in [0.1, 0.15) is 42.4 Å². The summed E-state index contributed by atoms with van der Waals surface area (Å²) < 4.78 is 1.99. The van der Waals surface area contributed by atoms with Crippen molar-refractivity contribution in [1.29, 1.82) is 0 Å². The maximum atomic E-state index is 12.1. The number of aromatic nitrogens is 1. The lowest BCUT2D eigenvalue weighted by molar-refractivity contribution is -0.536. The Kier molecular flexibility index (Phi) is 5.48. The van der Waals surface area contributed by atoms with E-state index in [1.54, 1.807) is 18.9 Å². The van der Waals surface area contributed by atoms with E-state index in [0.29, 0.717) is 19.0 Å². The topological polar surface area (TPSA) is 83.2 Å². The van der Waals surface area contributed by atoms with Crippen molar-refractivity contribution in [3.05, 3.63) is 53.2 Å². The van der Waals surface area contributed by atoms with Crippen LogP contribution < -0.4 is 9.80 Å². The summed E-state index contributed by atoms with van der Waals surface area (Å²) in [5.41, 5.74) is 4.04. The number of carbonyl (C=O) groups is 1. The highest BCUT2D eigenvalue weighted by molar-refractivity contribution is 5.90. The molecule has 0 spiro atoms. The molecule has 0 radical (unpaired) electrons. The van der Waals surface area contributed by atoms with Crippen LogP contribution in [0.25, 0.3) is 0 Å². The average Bonchev–Trinajstić information content (AvgIpc) is 3.66. The number of aryl methyl sites for hydroxylation is 1. The maximum absolute atomic E-state index is 12.1. The van der Waals surface area contributed by atoms with Crippen molar-refractivity contribution >= 4 is 23.3 Å². The molecule has 1 saturated carbocycles. The maximum Gasteiger partial charge on any atom is 0.367 e. The van der Waals surface area contributed by atoms with Crippen LogP contribution in [0.5, 0.6) is 0 Å². The van der Waals surface area contributed by atoms with E-state index < -0.39 is 12.4 Å². The number of piperazine rings is 1. The van der Waals surface area contributed by atoms with Crippen LogP contribution in [0.3, 0.4) is 0 Å². The molecule has 2 aliphatic heterocycles. The molecule has 2 atom stereocenters. The molecule has 2 unspecified atom stereocenters. The van der Waals surface area contributed by atoms with Crippen LogP contribution in [0.2, 0.25) is 0 Å². The Labute approximate surface area is 194 Å². The lowest BCUT2D eigenvalue weighted by Crippen LogP contribution is -2.45. The molecular formula is C25H32N5O3+. The van der Waals surface area contributed by atoms with E-state index in [-0.39, 0.29) is 11.8 Å². The van der Waals surface area contributed by atoms with Gasteiger partial charge in [0.15, 0.2) is 13.1 Å². The number of aliphatic hydroxyl groups excluding tert-OH is 2. The minimum absolute atomic E-state index is 0.120. The first-order chi connectivity index (χ1) is 15.8. The third-order valence-electron chi connectivity index (χ3n) is 7.14. The van der Waals surface area contributed by atoms with Crippen molar-refractivity contribution in [2.24, 2.45) is 0 Å². The molecule has 174 valence electrons. The van der Waals surface area contributed by atoms with E-state index >= 15 is 0 Å². The number of nitrogens with zero attached hydrogens (tertiary/aromatic N) is 5. The molecular weight excluding hydrogens is 418 g/mol. The summed E-state index contributed by atoms with van der Waals surface area (Å²) in [6.45, 7) is 6.92. The molecule has 2 saturated heterocycles. The lowest BCUT2D eigenvalue weighted by Gasteiger charge is -2.28. The molecule has 2 N–H and O–H groups in total. The van der Waals surface area contributed by atoms with E-state index in [1.807, 2.05) is 35.0 Å². The molecule has 1 aromatic carbocycles. The van der Waals surface area contributed by atoms with E-state index in [4.69, 9.17) is 4.98 Å². The summed E-state index contributed by atoms with van der Waals surface area (Å²) in [5, 5.41) is 21.3. The lowest BCUT2D eigenvalue weighted by atomic mass is 10.1. The van der Waals surface area contributed by atoms with Gasteiger partial charge in [-0.1, -0.05) is 6.07 Å². The molecule has 8 nitrogen and oxygen atoms in total. The van der Waals surface area contributed by atoms with Crippen molar-refractivity contribution in [3.63, 3.8) is 0 Å². The van der Waals surface area contributed by atoms with Crippen molar-refractivity contribution in [2.45, 2.75) is 45.0 Å². The number of anilines is 2. The number of hydrogen-bond donors (Lipinski definition) is 2. The van der Waals surface area contributed by atoms with Crippen molar-refractivity contribution in [2.75, 3.05) is 43.0 Å². The fraction of sp³-hybridized carbons (Fsp3) is 0.480. The van der Waals surface area contributed by atoms with Gasteiger partial charge in [-0.05, 0) is 68.0 Å². The second-order valence-electron chi connectivity index (χ2n) is 9.41. The van der Waals surface area contributed by atoms with Gasteiger partial charge < -0.3 is 24.9 Å². The molecule has 1 aliphatic carbocycles. The van der Waals surface area contributed by atoms with E-state index in [0.717, 1.165) is 30.2 Å². The van der Waals surface area contributed by atoms with Crippen LogP contribution in [0, 0.1) is 6.92 Å². The minimum Gasteiger partial charge on any atom is -0.460 e. The molecule has 1 amide bonds. The highest BCUT2D eigenvalue weighted by atomic mass is 16.3. The van der Waals surface area contributed by atoms with Gasteiger partial charge in [-0.2, -0.15) is 4.58 Å². The number of carbonyl (C=O) groups excluding carboxylic acids is 1. The Morgan fingerprint density at radius 3 is 2.36 bits per heavy atom. The highest BCUT2D eigenvalue weighted by Crippen LogP contribution is 2.40. The summed E-state index contributed by atoms with van der Waals surface area (Å²) >= 11 is 0. The van der Waals surface area contributed by atoms with Gasteiger partial charge in [0.1, 0.15) is 11.9 Å². The fourth-order valence-electron chi connectivity index (χ4n) is 4.93. The standard InChI is InChI=1S/C25H31N5O3/c1-16-14-20(18-4-5-18)15-26-22(16)28-10-12-29(13-11-28)24(32)19-6-8-21(9-7-19)30-17(2)23(31)27(3)25(30)33/h6-9,14-15,17-18,25,33H,4-5,10-13H2,1-3H3/p+1. The summed E-state index contributed by atoms with van der Waals surface area (Å²) in [7, 11) is 1.59. The molecule has 5 rings (SSSR count). The molecule has 3 heterocycles. The van der Waals surface area contributed by atoms with Gasteiger partial charge in [0.2, 0.25) is 12.3 Å². The SMILES string of the molecule is Cc1cc(C2CC2)cnc1N1CC[N+](=C(O)c2ccc(N3C(C)C(=O)N(C)C3O)cc2)CC1. The van der Waals surface area contributed by atoms with Crippen molar-refractivity contribution < 1.29 is 19.6 Å². The largest absolute Gasteiger partial charge is 0.460 e. The Morgan fingerprint density at radius 1 is 1.15 bits per heavy atom. The van der Waals surface area contributed by atoms with Gasteiger partial charge in [-0.25, -0.2) is 4.98 Å². The van der Waals surface area contributed by atoms with Gasteiger partial charge in [0, 0.05) is 18.9 Å². The first kappa shape index (κ1) is 21.7. The van der Waals surface area contributed by atoms with Gasteiger partial charge in [0.25, 0.3) is 0 Å². The molecule has 8 heteroatoms. The van der Waals surface area contributed by atoms with Crippen molar-refractivity contribution in [3.8, 4) is 0 Å². The number of aliphatic hydroxyl groups is 2. The minimum atomic E-state index is -0.987. The number of rotatable bonds is 4. The number of hydrogen-bond acceptors (Lipinski definition) is 5. The predicted octanol–water partition coefficient (Wildman–Crippen LogP) is 2.05. The molecule has 3 fully saturated rings. The first-order valence-corrected chi connectivity index (χ1v) is 11.7. The molecule has 1 aromatic heterocycles. The Balaban J connectivity index is 1.27. The van der Waals surface area contributed by atoms with Crippen LogP contribution in [0.15, 0.2) is 36.5 Å². The Morgan fingerprint density at radius 2 is 1.82 bits per heavy atom. The number of likely N-dealkylation sites (N-methyl/N-ethyl adjacent to an activating group) is 1. The monoisotopic (exact) mass is 450 g/mol. The summed E-state index contributed by atoms with van der Waals surface area (Å²) in [6, 6.07) is 9.19. The van der Waals surface area contributed by atoms with Gasteiger partial charge in [0.05, 0.1) is 18.7 Å². The van der Waals surface area contributed by atoms with Crippen LogP contribution >= 0.6 is 0 Å². The number of amides is 1. The Hall–Kier alpha value is -3.13. The Bertz CT molecular complexity index is 1090. The zero-order valence-corrected chi connectivity index (χ0v) is 19.5. The third-order valence-corrected chi connectivity index (χ3v) is 7.14. The highest BCUT2D eigenvalue weighted by Gasteiger charge is 2.40. The normalized spacial score (nSPS) is 23.5. The number of pyridine rings is 1. The van der Waals surface area contributed by atoms with Crippen LogP contribution in [-0.4, -0.2) is 82.1 Å². The predicted molar refractivity (Wildman–Crippen MR) is 127 cm³/mol. The first-order valence-electron chi connectivity index (χ1n) is 11.7. The van der Waals surface area contributed by atoms with Gasteiger partial charge in [-0.3, -0.25) is 4.79 Å². The third kappa shape index (κ3) is 3.93. The van der Waals surface area contributed by atoms with E-state index in [9.17, 15) is 15.0 Å².